The van der Waals surface area contributed by atoms with Gasteiger partial charge in [0, 0.05) is 12.2 Å². The van der Waals surface area contributed by atoms with Gasteiger partial charge in [-0.2, -0.15) is 18.2 Å². The lowest BCUT2D eigenvalue weighted by molar-refractivity contribution is -0.165. The number of alkyl halides is 3. The van der Waals surface area contributed by atoms with Gasteiger partial charge in [0.1, 0.15) is 12.2 Å². The topological polar surface area (TPSA) is 104 Å². The highest BCUT2D eigenvalue weighted by Gasteiger charge is 2.55. The average molecular weight is 449 g/mol. The maximum atomic E-state index is 12.7. The Balaban J connectivity index is 1.72. The number of aliphatic hydroxyl groups excluding tert-OH is 1. The van der Waals surface area contributed by atoms with E-state index in [0.29, 0.717) is 5.75 Å². The third-order valence-electron chi connectivity index (χ3n) is 4.80. The molecule has 0 bridgehead atoms. The molecule has 4 atom stereocenters. The van der Waals surface area contributed by atoms with E-state index in [2.05, 4.69) is 20.3 Å². The highest BCUT2D eigenvalue weighted by Crippen LogP contribution is 2.44. The maximum absolute atomic E-state index is 12.7. The van der Waals surface area contributed by atoms with Gasteiger partial charge in [-0.25, -0.2) is 9.67 Å². The van der Waals surface area contributed by atoms with Crippen LogP contribution in [0.3, 0.4) is 0 Å². The maximum Gasteiger partial charge on any atom is 0.422 e. The van der Waals surface area contributed by atoms with Gasteiger partial charge in [-0.05, 0) is 20.3 Å². The summed E-state index contributed by atoms with van der Waals surface area (Å²) >= 11 is 1.30. The van der Waals surface area contributed by atoms with E-state index in [1.54, 1.807) is 13.8 Å². The van der Waals surface area contributed by atoms with Crippen molar-refractivity contribution in [3.8, 4) is 5.88 Å². The number of hydrogen-bond acceptors (Lipinski definition) is 9. The van der Waals surface area contributed by atoms with Crippen LogP contribution in [0.5, 0.6) is 5.88 Å². The molecule has 2 unspecified atom stereocenters. The minimum atomic E-state index is -4.52. The van der Waals surface area contributed by atoms with Crippen molar-refractivity contribution >= 4 is 22.9 Å². The molecular weight excluding hydrogens is 427 g/mol. The fourth-order valence-corrected chi connectivity index (χ4v) is 4.37. The Bertz CT molecular complexity index is 925. The average Bonchev–Trinajstić information content (AvgIpc) is 3.29. The molecule has 30 heavy (non-hydrogen) atoms. The number of aliphatic hydroxyl groups is 1. The summed E-state index contributed by atoms with van der Waals surface area (Å²) in [5.41, 5.74) is 0.253. The normalized spacial score (nSPS) is 28.2. The molecule has 0 radical (unpaired) electrons. The van der Waals surface area contributed by atoms with Gasteiger partial charge in [-0.3, -0.25) is 0 Å². The fourth-order valence-electron chi connectivity index (χ4n) is 3.69. The van der Waals surface area contributed by atoms with Gasteiger partial charge in [0.05, 0.1) is 12.1 Å². The van der Waals surface area contributed by atoms with Crippen LogP contribution in [0, 0.1) is 0 Å². The molecule has 2 fully saturated rings. The lowest BCUT2D eigenvalue weighted by atomic mass is 10.2. The third kappa shape index (κ3) is 4.20. The van der Waals surface area contributed by atoms with E-state index >= 15 is 0 Å². The predicted molar refractivity (Wildman–Crippen MR) is 99.2 cm³/mol. The fraction of sp³-hybridized carbons (Fsp3) is 0.765. The zero-order chi connectivity index (χ0) is 21.7. The molecule has 3 heterocycles. The van der Waals surface area contributed by atoms with Gasteiger partial charge >= 0.3 is 6.18 Å². The second kappa shape index (κ2) is 7.77. The molecule has 0 amide bonds. The van der Waals surface area contributed by atoms with Crippen molar-refractivity contribution in [1.29, 1.82) is 0 Å². The third-order valence-corrected chi connectivity index (χ3v) is 5.85. The number of aromatic nitrogens is 5. The monoisotopic (exact) mass is 449 g/mol. The van der Waals surface area contributed by atoms with Crippen molar-refractivity contribution in [3.05, 3.63) is 0 Å². The van der Waals surface area contributed by atoms with Crippen molar-refractivity contribution in [1.82, 2.24) is 25.0 Å². The van der Waals surface area contributed by atoms with Crippen molar-refractivity contribution in [2.24, 2.45) is 0 Å². The molecule has 0 spiro atoms. The van der Waals surface area contributed by atoms with Crippen molar-refractivity contribution in [2.75, 3.05) is 12.4 Å². The number of halogens is 3. The van der Waals surface area contributed by atoms with E-state index in [0.717, 1.165) is 6.42 Å². The van der Waals surface area contributed by atoms with E-state index in [-0.39, 0.29) is 28.6 Å². The van der Waals surface area contributed by atoms with Crippen LogP contribution < -0.4 is 4.74 Å². The molecule has 9 nitrogen and oxygen atoms in total. The van der Waals surface area contributed by atoms with Crippen molar-refractivity contribution in [2.45, 2.75) is 75.1 Å². The molecule has 1 saturated heterocycles. The molecule has 1 N–H and O–H groups in total. The molecule has 166 valence electrons. The van der Waals surface area contributed by atoms with Crippen LogP contribution in [-0.2, 0) is 9.47 Å². The van der Waals surface area contributed by atoms with Gasteiger partial charge in [0.15, 0.2) is 28.7 Å². The lowest BCUT2D eigenvalue weighted by Crippen LogP contribution is -2.29. The first-order chi connectivity index (χ1) is 14.1. The van der Waals surface area contributed by atoms with E-state index in [9.17, 15) is 18.3 Å². The Kier molecular flexibility index (Phi) is 5.58. The van der Waals surface area contributed by atoms with Gasteiger partial charge in [-0.1, -0.05) is 23.9 Å². The van der Waals surface area contributed by atoms with Crippen LogP contribution in [-0.4, -0.2) is 72.7 Å². The molecule has 2 aromatic rings. The minimum absolute atomic E-state index is 0.0243. The van der Waals surface area contributed by atoms with E-state index < -0.39 is 42.9 Å². The Labute approximate surface area is 174 Å². The van der Waals surface area contributed by atoms with Gasteiger partial charge in [0.25, 0.3) is 0 Å². The van der Waals surface area contributed by atoms with Crippen molar-refractivity contribution in [3.63, 3.8) is 0 Å². The molecule has 2 aromatic heterocycles. The largest absolute Gasteiger partial charge is 0.466 e. The number of nitrogens with zero attached hydrogens (tertiary/aromatic N) is 5. The Morgan fingerprint density at radius 1 is 1.27 bits per heavy atom. The molecular formula is C17H22F3N5O4S. The first-order valence-electron chi connectivity index (χ1n) is 9.57. The van der Waals surface area contributed by atoms with Crippen LogP contribution in [0.4, 0.5) is 13.2 Å². The molecule has 1 aliphatic carbocycles. The smallest absolute Gasteiger partial charge is 0.422 e. The molecule has 1 aliphatic heterocycles. The standard InChI is InChI=1S/C17H22F3N5O4S/c1-4-5-30-15-21-13-10(14(22-15)27-7-17(18,19)20)23-24-25(13)8-6-9(26)12-11(8)28-16(2,3)29-12/h8-9,11-12,26H,4-7H2,1-3H3/t8?,9-,11?,12+/m0/s1. The molecule has 13 heteroatoms. The number of ether oxygens (including phenoxy) is 3. The van der Waals surface area contributed by atoms with E-state index in [1.807, 2.05) is 6.92 Å². The van der Waals surface area contributed by atoms with E-state index in [4.69, 9.17) is 14.2 Å². The summed E-state index contributed by atoms with van der Waals surface area (Å²) < 4.78 is 56.2. The van der Waals surface area contributed by atoms with Crippen LogP contribution in [0.15, 0.2) is 5.16 Å². The van der Waals surface area contributed by atoms with Gasteiger partial charge in [0.2, 0.25) is 5.88 Å². The van der Waals surface area contributed by atoms with Gasteiger partial charge in [-0.15, -0.1) is 5.10 Å². The Morgan fingerprint density at radius 2 is 2.00 bits per heavy atom. The minimum Gasteiger partial charge on any atom is -0.466 e. The highest BCUT2D eigenvalue weighted by molar-refractivity contribution is 7.99. The molecule has 2 aliphatic rings. The summed E-state index contributed by atoms with van der Waals surface area (Å²) in [7, 11) is 0. The van der Waals surface area contributed by atoms with Crippen LogP contribution in [0.1, 0.15) is 39.7 Å². The molecule has 1 saturated carbocycles. The number of rotatable bonds is 6. The predicted octanol–water partition coefficient (Wildman–Crippen LogP) is 2.49. The summed E-state index contributed by atoms with van der Waals surface area (Å²) in [5, 5.41) is 18.7. The summed E-state index contributed by atoms with van der Waals surface area (Å²) in [6.07, 6.45) is -5.22. The Hall–Kier alpha value is -1.70. The summed E-state index contributed by atoms with van der Waals surface area (Å²) in [6.45, 7) is 3.97. The number of hydrogen-bond donors (Lipinski definition) is 1. The quantitative estimate of drug-likeness (QED) is 0.526. The second-order valence-electron chi connectivity index (χ2n) is 7.71. The molecule has 4 rings (SSSR count). The first-order valence-corrected chi connectivity index (χ1v) is 10.6. The van der Waals surface area contributed by atoms with Gasteiger partial charge < -0.3 is 19.3 Å². The second-order valence-corrected chi connectivity index (χ2v) is 8.77. The highest BCUT2D eigenvalue weighted by atomic mass is 32.2. The van der Waals surface area contributed by atoms with Crippen LogP contribution in [0.2, 0.25) is 0 Å². The lowest BCUT2D eigenvalue weighted by Gasteiger charge is -2.22. The first kappa shape index (κ1) is 21.5. The Morgan fingerprint density at radius 3 is 2.70 bits per heavy atom. The zero-order valence-electron chi connectivity index (χ0n) is 16.6. The van der Waals surface area contributed by atoms with Crippen LogP contribution >= 0.6 is 11.8 Å². The SMILES string of the molecule is CCCSc1nc(OCC(F)(F)F)c2nnn(C3C[C@H](O)[C@H]4OC(C)(C)OC34)c2n1. The van der Waals surface area contributed by atoms with Crippen LogP contribution in [0.25, 0.3) is 11.2 Å². The summed E-state index contributed by atoms with van der Waals surface area (Å²) in [5.74, 6) is -0.464. The summed E-state index contributed by atoms with van der Waals surface area (Å²) in [6, 6.07) is -0.453. The zero-order valence-corrected chi connectivity index (χ0v) is 17.4. The van der Waals surface area contributed by atoms with E-state index in [1.165, 1.54) is 16.4 Å². The number of thioether (sulfide) groups is 1. The number of fused-ring (bicyclic) bond motifs is 2. The molecule has 0 aromatic carbocycles. The summed E-state index contributed by atoms with van der Waals surface area (Å²) in [4.78, 5) is 8.54. The van der Waals surface area contributed by atoms with Crippen molar-refractivity contribution < 1.29 is 32.5 Å².